The highest BCUT2D eigenvalue weighted by Crippen LogP contribution is 2.49. The molecule has 25 heavy (non-hydrogen) atoms. The van der Waals surface area contributed by atoms with E-state index in [-0.39, 0.29) is 5.97 Å². The van der Waals surface area contributed by atoms with Gasteiger partial charge in [-0.15, -0.1) is 0 Å². The molecule has 5 nitrogen and oxygen atoms in total. The van der Waals surface area contributed by atoms with E-state index in [1.165, 1.54) is 13.5 Å². The molecule has 1 saturated carbocycles. The Labute approximate surface area is 149 Å². The van der Waals surface area contributed by atoms with Crippen molar-refractivity contribution >= 4 is 12.4 Å². The van der Waals surface area contributed by atoms with Gasteiger partial charge in [0.05, 0.1) is 20.1 Å². The lowest BCUT2D eigenvalue weighted by molar-refractivity contribution is -0.139. The van der Waals surface area contributed by atoms with Crippen molar-refractivity contribution in [1.29, 1.82) is 0 Å². The summed E-state index contributed by atoms with van der Waals surface area (Å²) in [4.78, 5) is 23.9. The maximum absolute atomic E-state index is 11.2. The Morgan fingerprint density at radius 1 is 1.24 bits per heavy atom. The highest BCUT2D eigenvalue weighted by Gasteiger charge is 2.42. The number of carbonyl (C=O) groups is 2. The number of ether oxygens (including phenoxy) is 2. The number of hydrogen-bond donors (Lipinski definition) is 0. The average molecular weight is 345 g/mol. The first-order valence-electron chi connectivity index (χ1n) is 9.17. The van der Waals surface area contributed by atoms with Crippen LogP contribution in [-0.2, 0) is 20.7 Å². The van der Waals surface area contributed by atoms with Crippen LogP contribution < -0.4 is 4.74 Å². The van der Waals surface area contributed by atoms with Crippen LogP contribution in [0.3, 0.4) is 0 Å². The van der Waals surface area contributed by atoms with E-state index in [0.717, 1.165) is 74.4 Å². The quantitative estimate of drug-likeness (QED) is 0.537. The van der Waals surface area contributed by atoms with E-state index in [1.54, 1.807) is 0 Å². The molecule has 5 heteroatoms. The van der Waals surface area contributed by atoms with Crippen LogP contribution in [0.4, 0.5) is 0 Å². The maximum atomic E-state index is 11.2. The second kappa shape index (κ2) is 8.37. The minimum Gasteiger partial charge on any atom is -0.494 e. The normalized spacial score (nSPS) is 23.2. The topological polar surface area (TPSA) is 55.8 Å². The first-order chi connectivity index (χ1) is 12.2. The van der Waals surface area contributed by atoms with Crippen molar-refractivity contribution in [2.24, 2.45) is 17.8 Å². The van der Waals surface area contributed by atoms with Crippen LogP contribution in [0, 0.1) is 17.8 Å². The number of carbonyl (C=O) groups excluding carboxylic acids is 2. The number of rotatable bonds is 8. The summed E-state index contributed by atoms with van der Waals surface area (Å²) < 4.78 is 10.5. The average Bonchev–Trinajstić information content (AvgIpc) is 3.42. The van der Waals surface area contributed by atoms with Crippen LogP contribution >= 0.6 is 0 Å². The Morgan fingerprint density at radius 2 is 1.96 bits per heavy atom. The molecular weight excluding hydrogens is 318 g/mol. The molecule has 0 spiro atoms. The fraction of sp³-hybridized carbons (Fsp3) is 0.600. The van der Waals surface area contributed by atoms with Crippen molar-refractivity contribution in [3.8, 4) is 5.75 Å². The van der Waals surface area contributed by atoms with Gasteiger partial charge in [-0.1, -0.05) is 12.1 Å². The zero-order valence-electron chi connectivity index (χ0n) is 14.9. The molecule has 1 aromatic carbocycles. The van der Waals surface area contributed by atoms with E-state index in [2.05, 4.69) is 4.74 Å². The van der Waals surface area contributed by atoms with E-state index in [4.69, 9.17) is 4.74 Å². The summed E-state index contributed by atoms with van der Waals surface area (Å²) in [7, 11) is 1.40. The monoisotopic (exact) mass is 345 g/mol. The van der Waals surface area contributed by atoms with E-state index in [9.17, 15) is 9.59 Å². The summed E-state index contributed by atoms with van der Waals surface area (Å²) in [6.45, 7) is 2.59. The van der Waals surface area contributed by atoms with Gasteiger partial charge in [-0.05, 0) is 61.1 Å². The van der Waals surface area contributed by atoms with Crippen molar-refractivity contribution in [3.63, 3.8) is 0 Å². The summed E-state index contributed by atoms with van der Waals surface area (Å²) in [5.74, 6) is 3.03. The van der Waals surface area contributed by atoms with Crippen molar-refractivity contribution in [3.05, 3.63) is 29.8 Å². The van der Waals surface area contributed by atoms with Crippen LogP contribution in [0.1, 0.15) is 31.2 Å². The first kappa shape index (κ1) is 17.8. The van der Waals surface area contributed by atoms with Gasteiger partial charge in [-0.3, -0.25) is 9.59 Å². The summed E-state index contributed by atoms with van der Waals surface area (Å²) >= 11 is 0. The summed E-state index contributed by atoms with van der Waals surface area (Å²) in [6.07, 6.45) is 5.99. The van der Waals surface area contributed by atoms with Gasteiger partial charge in [0.1, 0.15) is 5.75 Å². The second-order valence-corrected chi connectivity index (χ2v) is 7.17. The van der Waals surface area contributed by atoms with E-state index in [0.29, 0.717) is 6.42 Å². The SMILES string of the molecule is COC(=O)Cc1ccc(OCC[C@@H]2C[C@@H]2C2CCN(C=O)CC2)cc1. The lowest BCUT2D eigenvalue weighted by Gasteiger charge is -2.29. The highest BCUT2D eigenvalue weighted by molar-refractivity contribution is 5.72. The van der Waals surface area contributed by atoms with Gasteiger partial charge in [0.2, 0.25) is 6.41 Å². The molecule has 0 bridgehead atoms. The minimum absolute atomic E-state index is 0.229. The Morgan fingerprint density at radius 3 is 2.60 bits per heavy atom. The van der Waals surface area contributed by atoms with Gasteiger partial charge in [0, 0.05) is 13.1 Å². The smallest absolute Gasteiger partial charge is 0.309 e. The predicted molar refractivity (Wildman–Crippen MR) is 94.2 cm³/mol. The van der Waals surface area contributed by atoms with Crippen molar-refractivity contribution in [2.75, 3.05) is 26.8 Å². The molecule has 2 atom stereocenters. The molecule has 0 unspecified atom stereocenters. The molecule has 2 fully saturated rings. The predicted octanol–water partition coefficient (Wildman–Crippen LogP) is 2.68. The molecule has 1 aliphatic heterocycles. The maximum Gasteiger partial charge on any atom is 0.309 e. The summed E-state index contributed by atoms with van der Waals surface area (Å²) in [5.41, 5.74) is 0.933. The molecule has 3 rings (SSSR count). The van der Waals surface area contributed by atoms with Gasteiger partial charge >= 0.3 is 5.97 Å². The third-order valence-corrected chi connectivity index (χ3v) is 5.56. The van der Waals surface area contributed by atoms with E-state index in [1.807, 2.05) is 29.2 Å². The molecule has 1 saturated heterocycles. The number of piperidine rings is 1. The number of nitrogens with zero attached hydrogens (tertiary/aromatic N) is 1. The third kappa shape index (κ3) is 4.97. The van der Waals surface area contributed by atoms with Crippen LogP contribution in [-0.4, -0.2) is 44.1 Å². The van der Waals surface area contributed by atoms with Gasteiger partial charge in [-0.2, -0.15) is 0 Å². The number of benzene rings is 1. The first-order valence-corrected chi connectivity index (χ1v) is 9.17. The number of amides is 1. The molecule has 1 aliphatic carbocycles. The number of likely N-dealkylation sites (tertiary alicyclic amines) is 1. The van der Waals surface area contributed by atoms with Crippen LogP contribution in [0.2, 0.25) is 0 Å². The van der Waals surface area contributed by atoms with Gasteiger partial charge in [-0.25, -0.2) is 0 Å². The molecule has 0 N–H and O–H groups in total. The zero-order chi connectivity index (χ0) is 17.6. The fourth-order valence-corrected chi connectivity index (χ4v) is 3.90. The summed E-state index contributed by atoms with van der Waals surface area (Å²) in [5, 5.41) is 0. The molecule has 136 valence electrons. The fourth-order valence-electron chi connectivity index (χ4n) is 3.90. The Bertz CT molecular complexity index is 578. The highest BCUT2D eigenvalue weighted by atomic mass is 16.5. The Balaban J connectivity index is 1.34. The number of hydrogen-bond acceptors (Lipinski definition) is 4. The van der Waals surface area contributed by atoms with E-state index >= 15 is 0 Å². The lowest BCUT2D eigenvalue weighted by atomic mass is 9.91. The van der Waals surface area contributed by atoms with Crippen LogP contribution in [0.5, 0.6) is 5.75 Å². The molecule has 1 amide bonds. The van der Waals surface area contributed by atoms with Crippen LogP contribution in [0.15, 0.2) is 24.3 Å². The molecular formula is C20H27NO4. The van der Waals surface area contributed by atoms with Crippen molar-refractivity contribution in [1.82, 2.24) is 4.90 Å². The molecule has 2 aliphatic rings. The van der Waals surface area contributed by atoms with Crippen molar-refractivity contribution in [2.45, 2.75) is 32.1 Å². The van der Waals surface area contributed by atoms with Gasteiger partial charge in [0.15, 0.2) is 0 Å². The zero-order valence-corrected chi connectivity index (χ0v) is 14.9. The van der Waals surface area contributed by atoms with Crippen molar-refractivity contribution < 1.29 is 19.1 Å². The molecule has 0 aromatic heterocycles. The van der Waals surface area contributed by atoms with E-state index < -0.39 is 0 Å². The van der Waals surface area contributed by atoms with Crippen LogP contribution in [0.25, 0.3) is 0 Å². The largest absolute Gasteiger partial charge is 0.494 e. The Kier molecular flexibility index (Phi) is 5.95. The second-order valence-electron chi connectivity index (χ2n) is 7.17. The lowest BCUT2D eigenvalue weighted by Crippen LogP contribution is -2.33. The molecule has 0 radical (unpaired) electrons. The summed E-state index contributed by atoms with van der Waals surface area (Å²) in [6, 6.07) is 7.65. The number of esters is 1. The third-order valence-electron chi connectivity index (χ3n) is 5.56. The Hall–Kier alpha value is -2.04. The molecule has 1 heterocycles. The minimum atomic E-state index is -0.229. The standard InChI is InChI=1S/C20H27NO4/c1-24-20(23)12-15-2-4-18(5-3-15)25-11-8-17-13-19(17)16-6-9-21(14-22)10-7-16/h2-5,14,16-17,19H,6-13H2,1H3/t17-,19-/m1/s1. The van der Waals surface area contributed by atoms with Gasteiger partial charge < -0.3 is 14.4 Å². The van der Waals surface area contributed by atoms with Gasteiger partial charge in [0.25, 0.3) is 0 Å². The molecule has 1 aromatic rings. The number of methoxy groups -OCH3 is 1.